The van der Waals surface area contributed by atoms with Crippen molar-refractivity contribution in [3.63, 3.8) is 0 Å². The first-order chi connectivity index (χ1) is 7.93. The maximum absolute atomic E-state index is 3.70. The Balaban J connectivity index is 0.000000360. The van der Waals surface area contributed by atoms with E-state index in [4.69, 9.17) is 0 Å². The summed E-state index contributed by atoms with van der Waals surface area (Å²) in [5.74, 6) is 0. The third-order valence-electron chi connectivity index (χ3n) is 2.41. The van der Waals surface area contributed by atoms with Gasteiger partial charge in [0, 0.05) is 17.1 Å². The van der Waals surface area contributed by atoms with Crippen LogP contribution < -0.4 is 0 Å². The molecule has 0 amide bonds. The Hall–Kier alpha value is -1.04. The van der Waals surface area contributed by atoms with Gasteiger partial charge in [0.1, 0.15) is 0 Å². The van der Waals surface area contributed by atoms with E-state index in [9.17, 15) is 0 Å². The second kappa shape index (κ2) is 11.4. The van der Waals surface area contributed by atoms with Crippen LogP contribution >= 0.6 is 0 Å². The zero-order valence-corrected chi connectivity index (χ0v) is 11.3. The van der Waals surface area contributed by atoms with Crippen LogP contribution in [-0.2, 0) is 23.5 Å². The van der Waals surface area contributed by atoms with Gasteiger partial charge < -0.3 is 30.3 Å². The van der Waals surface area contributed by atoms with E-state index < -0.39 is 0 Å². The number of aryl methyl sites for hydroxylation is 1. The van der Waals surface area contributed by atoms with Crippen LogP contribution in [0.1, 0.15) is 24.8 Å². The molecule has 0 spiro atoms. The molecule has 0 heterocycles. The molecule has 0 atom stereocenters. The van der Waals surface area contributed by atoms with Crippen molar-refractivity contribution in [2.24, 2.45) is 0 Å². The molecule has 0 aliphatic rings. The summed E-state index contributed by atoms with van der Waals surface area (Å²) in [6.45, 7) is 3.70. The monoisotopic (exact) mass is 268 g/mol. The third-order valence-corrected chi connectivity index (χ3v) is 2.41. The fraction of sp³-hybridized carbons (Fsp3) is 0.250. The van der Waals surface area contributed by atoms with Crippen LogP contribution in [0.5, 0.6) is 0 Å². The number of allylic oxidation sites excluding steroid dienone is 1. The van der Waals surface area contributed by atoms with Gasteiger partial charge >= 0.3 is 0 Å². The van der Waals surface area contributed by atoms with E-state index in [2.05, 4.69) is 30.8 Å². The number of hydrogen-bond acceptors (Lipinski definition) is 0. The molecule has 0 nitrogen and oxygen atoms in total. The zero-order chi connectivity index (χ0) is 11.5. The van der Waals surface area contributed by atoms with Gasteiger partial charge in [0.05, 0.1) is 0 Å². The minimum absolute atomic E-state index is 0. The predicted molar refractivity (Wildman–Crippen MR) is 71.8 cm³/mol. The molecule has 98 valence electrons. The van der Waals surface area contributed by atoms with Gasteiger partial charge in [0.15, 0.2) is 0 Å². The smallest absolute Gasteiger partial charge is 0 e. The van der Waals surface area contributed by atoms with Gasteiger partial charge in [-0.05, 0) is 6.42 Å². The minimum Gasteiger partial charge on any atom is -0.748 e. The first-order valence-corrected chi connectivity index (χ1v) is 5.91. The molecule has 0 aliphatic heterocycles. The Bertz CT molecular complexity index is 312. The molecule has 0 saturated heterocycles. The molecule has 2 aromatic rings. The van der Waals surface area contributed by atoms with Gasteiger partial charge in [-0.3, -0.25) is 0 Å². The Labute approximate surface area is 116 Å². The summed E-state index contributed by atoms with van der Waals surface area (Å²) in [6, 6.07) is 18.6. The van der Waals surface area contributed by atoms with Crippen LogP contribution in [0.25, 0.3) is 0 Å². The number of hydrogen-bond donors (Lipinski definition) is 0. The second-order valence-corrected chi connectivity index (χ2v) is 3.79. The van der Waals surface area contributed by atoms with Crippen LogP contribution in [0.3, 0.4) is 0 Å². The quantitative estimate of drug-likeness (QED) is 0.319. The van der Waals surface area contributed by atoms with E-state index in [1.807, 2.05) is 36.4 Å². The van der Waals surface area contributed by atoms with Gasteiger partial charge in [-0.25, -0.2) is 12.1 Å². The summed E-state index contributed by atoms with van der Waals surface area (Å²) in [4.78, 5) is 0. The number of unbranched alkanes of at least 4 members (excludes halogenated alkanes) is 2. The molecule has 17 heavy (non-hydrogen) atoms. The van der Waals surface area contributed by atoms with Crippen LogP contribution in [0.2, 0.25) is 0 Å². The summed E-state index contributed by atoms with van der Waals surface area (Å²) < 4.78 is 0. The maximum atomic E-state index is 3.70. The van der Waals surface area contributed by atoms with Crippen LogP contribution in [-0.4, -0.2) is 0 Å². The molecule has 1 heteroatoms. The van der Waals surface area contributed by atoms with E-state index in [1.165, 1.54) is 24.8 Å². The molecule has 0 aromatic heterocycles. The molecule has 0 unspecified atom stereocenters. The van der Waals surface area contributed by atoms with Crippen LogP contribution in [0.15, 0.2) is 67.3 Å². The molecule has 2 aromatic carbocycles. The molecule has 0 fully saturated rings. The van der Waals surface area contributed by atoms with Crippen molar-refractivity contribution in [3.8, 4) is 0 Å². The van der Waals surface area contributed by atoms with Crippen LogP contribution in [0, 0.1) is 0 Å². The summed E-state index contributed by atoms with van der Waals surface area (Å²) in [5.41, 5.74) is 1.47. The molecule has 2 rings (SSSR count). The van der Waals surface area contributed by atoms with Gasteiger partial charge in [-0.2, -0.15) is 17.7 Å². The first kappa shape index (κ1) is 16.0. The average molecular weight is 268 g/mol. The normalized spacial score (nSPS) is 8.71. The fourth-order valence-electron chi connectivity index (χ4n) is 1.52. The predicted octanol–water partition coefficient (Wildman–Crippen LogP) is 4.71. The maximum Gasteiger partial charge on any atom is 0 e. The van der Waals surface area contributed by atoms with Crippen molar-refractivity contribution in [2.45, 2.75) is 25.7 Å². The van der Waals surface area contributed by atoms with E-state index in [0.29, 0.717) is 0 Å². The third kappa shape index (κ3) is 8.74. The summed E-state index contributed by atoms with van der Waals surface area (Å²) in [6.07, 6.45) is 6.93. The molecular weight excluding hydrogens is 248 g/mol. The Morgan fingerprint density at radius 3 is 1.94 bits per heavy atom. The average Bonchev–Trinajstić information content (AvgIpc) is 2.99. The SMILES string of the molecule is C=CCCCC[c-]1cccc1.[Fe].[cH-]1[cH-][cH-][cH-][cH-]1. The van der Waals surface area contributed by atoms with Crippen molar-refractivity contribution in [1.82, 2.24) is 0 Å². The summed E-state index contributed by atoms with van der Waals surface area (Å²) >= 11 is 0. The standard InChI is InChI=1S/C11H15.C5H5.Fe/c1-2-3-4-5-8-11-9-6-7-10-11;1-2-4-5-3-1;/h2,6-7,9-10H,1,3-5,8H2;1-5H;/q-1;-5;. The van der Waals surface area contributed by atoms with Crippen LogP contribution in [0.4, 0.5) is 0 Å². The van der Waals surface area contributed by atoms with E-state index >= 15 is 0 Å². The Morgan fingerprint density at radius 2 is 1.47 bits per heavy atom. The van der Waals surface area contributed by atoms with Crippen molar-refractivity contribution in [3.05, 3.63) is 72.8 Å². The fourth-order valence-corrected chi connectivity index (χ4v) is 1.52. The number of rotatable bonds is 5. The van der Waals surface area contributed by atoms with Crippen molar-refractivity contribution < 1.29 is 17.1 Å². The zero-order valence-electron chi connectivity index (χ0n) is 10.2. The van der Waals surface area contributed by atoms with Gasteiger partial charge in [0.2, 0.25) is 0 Å². The topological polar surface area (TPSA) is 0 Å². The van der Waals surface area contributed by atoms with Crippen molar-refractivity contribution in [2.75, 3.05) is 0 Å². The largest absolute Gasteiger partial charge is 0.748 e. The molecule has 0 N–H and O–H groups in total. The van der Waals surface area contributed by atoms with Crippen molar-refractivity contribution >= 4 is 0 Å². The molecule has 0 aliphatic carbocycles. The molecule has 0 saturated carbocycles. The van der Waals surface area contributed by atoms with E-state index in [-0.39, 0.29) is 17.1 Å². The molecule has 0 bridgehead atoms. The minimum atomic E-state index is 0. The van der Waals surface area contributed by atoms with Gasteiger partial charge in [-0.15, -0.1) is 6.58 Å². The van der Waals surface area contributed by atoms with Gasteiger partial charge in [-0.1, -0.05) is 25.3 Å². The first-order valence-electron chi connectivity index (χ1n) is 5.91. The van der Waals surface area contributed by atoms with Gasteiger partial charge in [0.25, 0.3) is 0 Å². The Morgan fingerprint density at radius 1 is 0.941 bits per heavy atom. The summed E-state index contributed by atoms with van der Waals surface area (Å²) in [5, 5.41) is 0. The molecule has 0 radical (unpaired) electrons. The summed E-state index contributed by atoms with van der Waals surface area (Å²) in [7, 11) is 0. The molecular formula is C16H20Fe-6. The van der Waals surface area contributed by atoms with E-state index in [0.717, 1.165) is 6.42 Å². The Kier molecular flexibility index (Phi) is 10.7. The van der Waals surface area contributed by atoms with Crippen molar-refractivity contribution in [1.29, 1.82) is 0 Å². The van der Waals surface area contributed by atoms with E-state index in [1.54, 1.807) is 0 Å². The second-order valence-electron chi connectivity index (χ2n) is 3.79.